The van der Waals surface area contributed by atoms with Crippen molar-refractivity contribution in [3.63, 3.8) is 0 Å². The predicted molar refractivity (Wildman–Crippen MR) is 87.9 cm³/mol. The van der Waals surface area contributed by atoms with Gasteiger partial charge in [0.25, 0.3) is 0 Å². The van der Waals surface area contributed by atoms with Crippen molar-refractivity contribution in [2.75, 3.05) is 0 Å². The second kappa shape index (κ2) is 6.95. The summed E-state index contributed by atoms with van der Waals surface area (Å²) in [7, 11) is 0. The number of benzene rings is 1. The summed E-state index contributed by atoms with van der Waals surface area (Å²) in [6.45, 7) is 6.84. The lowest BCUT2D eigenvalue weighted by atomic mass is 9.92. The second-order valence-corrected chi connectivity index (χ2v) is 6.96. The minimum Gasteiger partial charge on any atom is -0.508 e. The molecular weight excluding hydrogens is 314 g/mol. The molecule has 0 spiro atoms. The van der Waals surface area contributed by atoms with Crippen molar-refractivity contribution < 1.29 is 5.11 Å². The topological polar surface area (TPSA) is 32.3 Å². The van der Waals surface area contributed by atoms with E-state index in [4.69, 9.17) is 0 Å². The van der Waals surface area contributed by atoms with E-state index in [1.54, 1.807) is 6.07 Å². The van der Waals surface area contributed by atoms with Gasteiger partial charge in [0.15, 0.2) is 0 Å². The van der Waals surface area contributed by atoms with Gasteiger partial charge in [-0.2, -0.15) is 0 Å². The molecule has 0 radical (unpaired) electrons. The van der Waals surface area contributed by atoms with Crippen LogP contribution in [0.15, 0.2) is 22.7 Å². The molecule has 0 aliphatic heterocycles. The summed E-state index contributed by atoms with van der Waals surface area (Å²) in [6, 6.07) is 6.50. The molecule has 112 valence electrons. The molecule has 1 aliphatic rings. The van der Waals surface area contributed by atoms with Crippen LogP contribution in [0, 0.1) is 11.8 Å². The number of phenols is 1. The van der Waals surface area contributed by atoms with E-state index in [0.717, 1.165) is 28.3 Å². The van der Waals surface area contributed by atoms with E-state index >= 15 is 0 Å². The molecular formula is C17H26BrNO. The largest absolute Gasteiger partial charge is 0.508 e. The van der Waals surface area contributed by atoms with E-state index in [1.807, 2.05) is 12.1 Å². The second-order valence-electron chi connectivity index (χ2n) is 6.04. The van der Waals surface area contributed by atoms with E-state index in [2.05, 4.69) is 42.0 Å². The Labute approximate surface area is 131 Å². The third-order valence-corrected chi connectivity index (χ3v) is 5.43. The van der Waals surface area contributed by atoms with Crippen LogP contribution in [0.25, 0.3) is 0 Å². The monoisotopic (exact) mass is 339 g/mol. The first-order valence-corrected chi connectivity index (χ1v) is 8.60. The van der Waals surface area contributed by atoms with Gasteiger partial charge in [-0.15, -0.1) is 0 Å². The van der Waals surface area contributed by atoms with E-state index in [0.29, 0.717) is 11.8 Å². The van der Waals surface area contributed by atoms with Crippen molar-refractivity contribution in [1.29, 1.82) is 0 Å². The Kier molecular flexibility index (Phi) is 5.50. The van der Waals surface area contributed by atoms with Gasteiger partial charge in [0.05, 0.1) is 0 Å². The first-order valence-electron chi connectivity index (χ1n) is 7.81. The van der Waals surface area contributed by atoms with Gasteiger partial charge in [-0.05, 0) is 49.3 Å². The van der Waals surface area contributed by atoms with Crippen LogP contribution in [-0.4, -0.2) is 11.1 Å². The highest BCUT2D eigenvalue weighted by Gasteiger charge is 2.32. The molecule has 1 aromatic rings. The summed E-state index contributed by atoms with van der Waals surface area (Å²) in [5.41, 5.74) is 1.01. The molecule has 4 unspecified atom stereocenters. The highest BCUT2D eigenvalue weighted by atomic mass is 79.9. The van der Waals surface area contributed by atoms with Gasteiger partial charge >= 0.3 is 0 Å². The van der Waals surface area contributed by atoms with Gasteiger partial charge in [0.2, 0.25) is 0 Å². The number of rotatable bonds is 5. The molecule has 3 heteroatoms. The van der Waals surface area contributed by atoms with E-state index in [1.165, 1.54) is 19.3 Å². The summed E-state index contributed by atoms with van der Waals surface area (Å²) < 4.78 is 1.02. The number of nitrogens with one attached hydrogen (secondary N) is 1. The third-order valence-electron chi connectivity index (χ3n) is 4.94. The maximum Gasteiger partial charge on any atom is 0.120 e. The van der Waals surface area contributed by atoms with Gasteiger partial charge in [-0.3, -0.25) is 0 Å². The lowest BCUT2D eigenvalue weighted by molar-refractivity contribution is 0.315. The van der Waals surface area contributed by atoms with Crippen molar-refractivity contribution in [3.8, 4) is 5.75 Å². The van der Waals surface area contributed by atoms with Crippen molar-refractivity contribution in [3.05, 3.63) is 28.2 Å². The average Bonchev–Trinajstić information content (AvgIpc) is 2.79. The zero-order valence-electron chi connectivity index (χ0n) is 12.7. The van der Waals surface area contributed by atoms with Gasteiger partial charge in [0.1, 0.15) is 5.75 Å². The Bertz CT molecular complexity index is 449. The molecule has 0 heterocycles. The van der Waals surface area contributed by atoms with Crippen molar-refractivity contribution in [1.82, 2.24) is 5.32 Å². The summed E-state index contributed by atoms with van der Waals surface area (Å²) in [5, 5.41) is 13.9. The fourth-order valence-electron chi connectivity index (χ4n) is 3.55. The molecule has 0 bridgehead atoms. The van der Waals surface area contributed by atoms with Crippen molar-refractivity contribution >= 4 is 15.9 Å². The molecule has 2 N–H and O–H groups in total. The normalized spacial score (nSPS) is 27.7. The fraction of sp³-hybridized carbons (Fsp3) is 0.647. The lowest BCUT2D eigenvalue weighted by Crippen LogP contribution is -2.35. The average molecular weight is 340 g/mol. The number of hydrogen-bond acceptors (Lipinski definition) is 2. The van der Waals surface area contributed by atoms with Crippen molar-refractivity contribution in [2.45, 2.75) is 58.5 Å². The van der Waals surface area contributed by atoms with E-state index in [-0.39, 0.29) is 6.04 Å². The number of aromatic hydroxyl groups is 1. The number of halogens is 1. The van der Waals surface area contributed by atoms with Crippen LogP contribution in [0.3, 0.4) is 0 Å². The molecule has 4 atom stereocenters. The molecule has 1 aromatic carbocycles. The first kappa shape index (κ1) is 15.8. The molecule has 1 fully saturated rings. The Balaban J connectivity index is 2.11. The maximum atomic E-state index is 10.1. The highest BCUT2D eigenvalue weighted by Crippen LogP contribution is 2.37. The minimum atomic E-state index is 0.232. The van der Waals surface area contributed by atoms with E-state index in [9.17, 15) is 5.11 Å². The molecule has 20 heavy (non-hydrogen) atoms. The minimum absolute atomic E-state index is 0.232. The summed E-state index contributed by atoms with van der Waals surface area (Å²) in [5.74, 6) is 1.97. The van der Waals surface area contributed by atoms with Crippen LogP contribution in [0.2, 0.25) is 0 Å². The van der Waals surface area contributed by atoms with Gasteiger partial charge in [0, 0.05) is 22.1 Å². The summed E-state index contributed by atoms with van der Waals surface area (Å²) in [6.07, 6.45) is 4.85. The number of phenolic OH excluding ortho intramolecular Hbond substituents is 1. The van der Waals surface area contributed by atoms with Crippen LogP contribution < -0.4 is 5.32 Å². The van der Waals surface area contributed by atoms with Crippen molar-refractivity contribution in [2.24, 2.45) is 11.8 Å². The van der Waals surface area contributed by atoms with Crippen LogP contribution >= 0.6 is 15.9 Å². The van der Waals surface area contributed by atoms with Crippen LogP contribution in [0.4, 0.5) is 0 Å². The molecule has 1 aliphatic carbocycles. The van der Waals surface area contributed by atoms with Gasteiger partial charge in [-0.25, -0.2) is 0 Å². The standard InChI is InChI=1S/C17H26BrNO/c1-4-12-6-8-16(11(12)3)19-15(5-2)14-10-13(18)7-9-17(14)20/h7,9-12,15-16,19-20H,4-6,8H2,1-3H3. The fourth-order valence-corrected chi connectivity index (χ4v) is 3.93. The zero-order chi connectivity index (χ0) is 14.7. The summed E-state index contributed by atoms with van der Waals surface area (Å²) >= 11 is 3.50. The Morgan fingerprint density at radius 1 is 1.35 bits per heavy atom. The zero-order valence-corrected chi connectivity index (χ0v) is 14.3. The molecule has 0 aromatic heterocycles. The first-order chi connectivity index (χ1) is 9.56. The highest BCUT2D eigenvalue weighted by molar-refractivity contribution is 9.10. The Morgan fingerprint density at radius 2 is 2.10 bits per heavy atom. The maximum absolute atomic E-state index is 10.1. The summed E-state index contributed by atoms with van der Waals surface area (Å²) in [4.78, 5) is 0. The molecule has 0 saturated heterocycles. The predicted octanol–water partition coefficient (Wildman–Crippen LogP) is 5.02. The Morgan fingerprint density at radius 3 is 2.70 bits per heavy atom. The number of hydrogen-bond donors (Lipinski definition) is 2. The quantitative estimate of drug-likeness (QED) is 0.789. The molecule has 0 amide bonds. The third kappa shape index (κ3) is 3.37. The SMILES string of the molecule is CCC(NC1CCC(CC)C1C)c1cc(Br)ccc1O. The van der Waals surface area contributed by atoms with Gasteiger partial charge < -0.3 is 10.4 Å². The van der Waals surface area contributed by atoms with Crippen LogP contribution in [0.1, 0.15) is 58.1 Å². The van der Waals surface area contributed by atoms with Gasteiger partial charge in [-0.1, -0.05) is 43.1 Å². The van der Waals surface area contributed by atoms with Crippen LogP contribution in [-0.2, 0) is 0 Å². The van der Waals surface area contributed by atoms with Crippen LogP contribution in [0.5, 0.6) is 5.75 Å². The Hall–Kier alpha value is -0.540. The molecule has 2 rings (SSSR count). The molecule has 2 nitrogen and oxygen atoms in total. The smallest absolute Gasteiger partial charge is 0.120 e. The molecule has 1 saturated carbocycles. The lowest BCUT2D eigenvalue weighted by Gasteiger charge is -2.27. The van der Waals surface area contributed by atoms with E-state index < -0.39 is 0 Å².